The Morgan fingerprint density at radius 3 is 2.62 bits per heavy atom. The van der Waals surface area contributed by atoms with Gasteiger partial charge >= 0.3 is 0 Å². The minimum absolute atomic E-state index is 0.111. The van der Waals surface area contributed by atoms with Gasteiger partial charge < -0.3 is 15.5 Å². The van der Waals surface area contributed by atoms with Gasteiger partial charge in [0.05, 0.1) is 0 Å². The summed E-state index contributed by atoms with van der Waals surface area (Å²) in [4.78, 5) is 40.4. The number of hydrogen-bond acceptors (Lipinski definition) is 5. The van der Waals surface area contributed by atoms with Gasteiger partial charge in [-0.2, -0.15) is 0 Å². The molecule has 3 amide bonds. The zero-order valence-corrected chi connectivity index (χ0v) is 17.0. The molecule has 3 aliphatic rings. The first-order valence-corrected chi connectivity index (χ1v) is 10.6. The maximum Gasteiger partial charge on any atom is 0.255 e. The number of carbonyl (C=O) groups is 3. The molecule has 1 aliphatic carbocycles. The first kappa shape index (κ1) is 20.0. The quantitative estimate of drug-likeness (QED) is 0.731. The van der Waals surface area contributed by atoms with Crippen LogP contribution in [0.15, 0.2) is 18.2 Å². The molecule has 0 radical (unpaired) electrons. The molecule has 0 aromatic heterocycles. The molecule has 4 rings (SSSR count). The Morgan fingerprint density at radius 2 is 1.90 bits per heavy atom. The number of carbonyl (C=O) groups excluding carboxylic acids is 3. The van der Waals surface area contributed by atoms with Crippen LogP contribution in [0.25, 0.3) is 0 Å². The van der Waals surface area contributed by atoms with E-state index in [4.69, 9.17) is 5.73 Å². The minimum atomic E-state index is -0.559. The molecule has 1 aromatic carbocycles. The van der Waals surface area contributed by atoms with E-state index in [0.29, 0.717) is 30.5 Å². The van der Waals surface area contributed by atoms with E-state index >= 15 is 0 Å². The van der Waals surface area contributed by atoms with Crippen LogP contribution in [0.3, 0.4) is 0 Å². The van der Waals surface area contributed by atoms with E-state index in [1.54, 1.807) is 4.90 Å². The maximum absolute atomic E-state index is 12.9. The molecule has 2 heterocycles. The van der Waals surface area contributed by atoms with Crippen LogP contribution >= 0.6 is 0 Å². The van der Waals surface area contributed by atoms with Gasteiger partial charge in [-0.3, -0.25) is 19.7 Å². The normalized spacial score (nSPS) is 27.3. The maximum atomic E-state index is 12.9. The van der Waals surface area contributed by atoms with Crippen LogP contribution in [-0.4, -0.2) is 53.2 Å². The van der Waals surface area contributed by atoms with Crippen LogP contribution in [0, 0.1) is 5.92 Å². The van der Waals surface area contributed by atoms with Crippen LogP contribution in [0.2, 0.25) is 0 Å². The van der Waals surface area contributed by atoms with Crippen molar-refractivity contribution in [1.82, 2.24) is 15.1 Å². The Morgan fingerprint density at radius 1 is 1.14 bits per heavy atom. The predicted molar refractivity (Wildman–Crippen MR) is 109 cm³/mol. The third-order valence-electron chi connectivity index (χ3n) is 6.51. The fourth-order valence-electron chi connectivity index (χ4n) is 4.89. The second-order valence-electron chi connectivity index (χ2n) is 8.87. The van der Waals surface area contributed by atoms with Gasteiger partial charge in [0.2, 0.25) is 11.8 Å². The van der Waals surface area contributed by atoms with E-state index in [1.807, 2.05) is 12.1 Å². The highest BCUT2D eigenvalue weighted by atomic mass is 16.2. The summed E-state index contributed by atoms with van der Waals surface area (Å²) in [6.07, 6.45) is 5.28. The molecule has 2 aliphatic heterocycles. The highest BCUT2D eigenvalue weighted by Crippen LogP contribution is 2.29. The monoisotopic (exact) mass is 398 g/mol. The number of nitrogens with two attached hydrogens (primary N) is 1. The van der Waals surface area contributed by atoms with E-state index in [0.717, 1.165) is 37.1 Å². The topological polar surface area (TPSA) is 95.7 Å². The molecule has 7 nitrogen and oxygen atoms in total. The molecule has 29 heavy (non-hydrogen) atoms. The van der Waals surface area contributed by atoms with Crippen molar-refractivity contribution in [3.63, 3.8) is 0 Å². The summed E-state index contributed by atoms with van der Waals surface area (Å²) in [5, 5.41) is 2.35. The molecule has 0 bridgehead atoms. The Labute approximate surface area is 171 Å². The Hall–Kier alpha value is -2.25. The average Bonchev–Trinajstić information content (AvgIpc) is 3.00. The number of nitrogens with zero attached hydrogens (tertiary/aromatic N) is 2. The van der Waals surface area contributed by atoms with Crippen molar-refractivity contribution in [3.05, 3.63) is 34.9 Å². The number of fused-ring (bicyclic) bond motifs is 1. The zero-order valence-electron chi connectivity index (χ0n) is 17.0. The van der Waals surface area contributed by atoms with Crippen molar-refractivity contribution < 1.29 is 14.4 Å². The lowest BCUT2D eigenvalue weighted by atomic mass is 9.86. The standard InChI is InChI=1S/C22H30N4O3/c1-25(11-14-3-6-17(23)7-4-14)12-15-2-5-16-13-26(22(29)18(16)10-15)19-8-9-20(27)24-21(19)28/h2,5,10,14,17,19H,3-4,6-9,11-13,23H2,1H3,(H,24,27,28). The fraction of sp³-hybridized carbons (Fsp3) is 0.591. The molecule has 2 fully saturated rings. The molecular weight excluding hydrogens is 368 g/mol. The average molecular weight is 399 g/mol. The number of nitrogens with one attached hydrogen (secondary N) is 1. The fourth-order valence-corrected chi connectivity index (χ4v) is 4.89. The Bertz CT molecular complexity index is 816. The van der Waals surface area contributed by atoms with Gasteiger partial charge in [-0.1, -0.05) is 12.1 Å². The zero-order chi connectivity index (χ0) is 20.5. The van der Waals surface area contributed by atoms with E-state index in [-0.39, 0.29) is 24.1 Å². The number of piperidine rings is 1. The molecular formula is C22H30N4O3. The first-order chi connectivity index (χ1) is 13.9. The lowest BCUT2D eigenvalue weighted by Gasteiger charge is -2.29. The summed E-state index contributed by atoms with van der Waals surface area (Å²) < 4.78 is 0. The second kappa shape index (κ2) is 8.24. The number of amides is 3. The Kier molecular flexibility index (Phi) is 5.69. The lowest BCUT2D eigenvalue weighted by Crippen LogP contribution is -2.52. The van der Waals surface area contributed by atoms with Crippen molar-refractivity contribution in [2.75, 3.05) is 13.6 Å². The van der Waals surface area contributed by atoms with E-state index in [2.05, 4.69) is 23.3 Å². The van der Waals surface area contributed by atoms with Crippen LogP contribution in [0.1, 0.15) is 60.0 Å². The molecule has 156 valence electrons. The molecule has 1 unspecified atom stereocenters. The molecule has 0 spiro atoms. The molecule has 7 heteroatoms. The number of imide groups is 1. The molecule has 1 saturated carbocycles. The van der Waals surface area contributed by atoms with Crippen LogP contribution < -0.4 is 11.1 Å². The first-order valence-electron chi connectivity index (χ1n) is 10.6. The molecule has 1 aromatic rings. The Balaban J connectivity index is 1.39. The summed E-state index contributed by atoms with van der Waals surface area (Å²) in [6.45, 7) is 2.26. The van der Waals surface area contributed by atoms with Crippen molar-refractivity contribution in [2.45, 2.75) is 63.7 Å². The van der Waals surface area contributed by atoms with Gasteiger partial charge in [-0.15, -0.1) is 0 Å². The number of hydrogen-bond donors (Lipinski definition) is 2. The van der Waals surface area contributed by atoms with Crippen molar-refractivity contribution in [2.24, 2.45) is 11.7 Å². The van der Waals surface area contributed by atoms with Crippen molar-refractivity contribution >= 4 is 17.7 Å². The van der Waals surface area contributed by atoms with Crippen molar-refractivity contribution in [3.8, 4) is 0 Å². The smallest absolute Gasteiger partial charge is 0.255 e. The van der Waals surface area contributed by atoms with Gasteiger partial charge in [-0.25, -0.2) is 0 Å². The summed E-state index contributed by atoms with van der Waals surface area (Å²) in [5.41, 5.74) is 8.75. The predicted octanol–water partition coefficient (Wildman–Crippen LogP) is 1.40. The van der Waals surface area contributed by atoms with E-state index < -0.39 is 6.04 Å². The summed E-state index contributed by atoms with van der Waals surface area (Å²) in [5.74, 6) is -0.0469. The van der Waals surface area contributed by atoms with Crippen LogP contribution in [-0.2, 0) is 22.7 Å². The molecule has 3 N–H and O–H groups in total. The van der Waals surface area contributed by atoms with Crippen LogP contribution in [0.5, 0.6) is 0 Å². The van der Waals surface area contributed by atoms with E-state index in [9.17, 15) is 14.4 Å². The largest absolute Gasteiger partial charge is 0.328 e. The van der Waals surface area contributed by atoms with E-state index in [1.165, 1.54) is 12.8 Å². The second-order valence-corrected chi connectivity index (χ2v) is 8.87. The highest BCUT2D eigenvalue weighted by molar-refractivity contribution is 6.05. The van der Waals surface area contributed by atoms with Gasteiger partial charge in [-0.05, 0) is 62.3 Å². The van der Waals surface area contributed by atoms with Gasteiger partial charge in [0, 0.05) is 37.7 Å². The highest BCUT2D eigenvalue weighted by Gasteiger charge is 2.39. The van der Waals surface area contributed by atoms with Gasteiger partial charge in [0.15, 0.2) is 0 Å². The van der Waals surface area contributed by atoms with Gasteiger partial charge in [0.1, 0.15) is 6.04 Å². The van der Waals surface area contributed by atoms with Crippen molar-refractivity contribution in [1.29, 1.82) is 0 Å². The number of rotatable bonds is 5. The number of benzene rings is 1. The summed E-state index contributed by atoms with van der Waals surface area (Å²) >= 11 is 0. The summed E-state index contributed by atoms with van der Waals surface area (Å²) in [6, 6.07) is 5.86. The molecule has 1 saturated heterocycles. The third-order valence-corrected chi connectivity index (χ3v) is 6.51. The minimum Gasteiger partial charge on any atom is -0.328 e. The van der Waals surface area contributed by atoms with Crippen LogP contribution in [0.4, 0.5) is 0 Å². The van der Waals surface area contributed by atoms with Gasteiger partial charge in [0.25, 0.3) is 5.91 Å². The molecule has 1 atom stereocenters. The lowest BCUT2D eigenvalue weighted by molar-refractivity contribution is -0.136. The summed E-state index contributed by atoms with van der Waals surface area (Å²) in [7, 11) is 2.12. The SMILES string of the molecule is CN(Cc1ccc2c(c1)C(=O)N(C1CCC(=O)NC1=O)C2)CC1CCC(N)CC1. The third kappa shape index (κ3) is 4.36.